The molecule has 0 aromatic heterocycles. The minimum Gasteiger partial charge on any atom is -0.494 e. The predicted molar refractivity (Wildman–Crippen MR) is 109 cm³/mol. The largest absolute Gasteiger partial charge is 0.494 e. The molecule has 1 aromatic rings. The number of benzene rings is 1. The lowest BCUT2D eigenvalue weighted by atomic mass is 9.98. The number of carbonyl (C=O) groups excluding carboxylic acids is 3. The smallest absolute Gasteiger partial charge is 0.325 e. The molecule has 2 fully saturated rings. The maximum Gasteiger partial charge on any atom is 0.325 e. The summed E-state index contributed by atoms with van der Waals surface area (Å²) < 4.78 is 5.69. The van der Waals surface area contributed by atoms with Gasteiger partial charge in [0.15, 0.2) is 0 Å². The van der Waals surface area contributed by atoms with Gasteiger partial charge in [-0.25, -0.2) is 4.79 Å². The molecule has 3 rings (SSSR count). The molecule has 2 aliphatic rings. The SMILES string of the molecule is CCCCOc1cccc(CNC(=O)CCCN2C(=O)NC3(CCCC3)C2=O)c1. The van der Waals surface area contributed by atoms with Gasteiger partial charge in [0.1, 0.15) is 11.3 Å². The molecule has 7 nitrogen and oxygen atoms in total. The van der Waals surface area contributed by atoms with Crippen molar-refractivity contribution in [1.82, 2.24) is 15.5 Å². The average Bonchev–Trinajstić information content (AvgIpc) is 3.27. The Balaban J connectivity index is 1.39. The first-order valence-corrected chi connectivity index (χ1v) is 10.7. The predicted octanol–water partition coefficient (Wildman–Crippen LogP) is 3.13. The van der Waals surface area contributed by atoms with E-state index in [1.807, 2.05) is 24.3 Å². The Morgan fingerprint density at radius 3 is 2.79 bits per heavy atom. The number of nitrogens with zero attached hydrogens (tertiary/aromatic N) is 1. The van der Waals surface area contributed by atoms with Crippen molar-refractivity contribution in [2.24, 2.45) is 0 Å². The number of unbranched alkanes of at least 4 members (excludes halogenated alkanes) is 1. The van der Waals surface area contributed by atoms with Crippen molar-refractivity contribution in [2.45, 2.75) is 70.4 Å². The highest BCUT2D eigenvalue weighted by Crippen LogP contribution is 2.35. The van der Waals surface area contributed by atoms with Crippen LogP contribution in [-0.2, 0) is 16.1 Å². The number of carbonyl (C=O) groups is 3. The molecule has 158 valence electrons. The summed E-state index contributed by atoms with van der Waals surface area (Å²) in [6.07, 6.45) is 6.20. The number of rotatable bonds is 10. The molecule has 1 spiro atoms. The number of urea groups is 1. The van der Waals surface area contributed by atoms with E-state index < -0.39 is 5.54 Å². The molecule has 0 bridgehead atoms. The highest BCUT2D eigenvalue weighted by molar-refractivity contribution is 6.07. The zero-order valence-corrected chi connectivity index (χ0v) is 17.2. The molecule has 0 atom stereocenters. The van der Waals surface area contributed by atoms with Crippen LogP contribution in [0, 0.1) is 0 Å². The Hall–Kier alpha value is -2.57. The Kier molecular flexibility index (Phi) is 7.12. The topological polar surface area (TPSA) is 87.7 Å². The van der Waals surface area contributed by atoms with E-state index in [9.17, 15) is 14.4 Å². The lowest BCUT2D eigenvalue weighted by molar-refractivity contribution is -0.131. The van der Waals surface area contributed by atoms with Crippen molar-refractivity contribution in [3.8, 4) is 5.75 Å². The molecule has 29 heavy (non-hydrogen) atoms. The van der Waals surface area contributed by atoms with Gasteiger partial charge in [0.2, 0.25) is 5.91 Å². The summed E-state index contributed by atoms with van der Waals surface area (Å²) in [5, 5.41) is 5.75. The van der Waals surface area contributed by atoms with Gasteiger partial charge in [-0.1, -0.05) is 38.3 Å². The van der Waals surface area contributed by atoms with Crippen LogP contribution in [0.4, 0.5) is 4.79 Å². The highest BCUT2D eigenvalue weighted by atomic mass is 16.5. The summed E-state index contributed by atoms with van der Waals surface area (Å²) in [5.74, 6) is 0.592. The van der Waals surface area contributed by atoms with Crippen LogP contribution in [0.25, 0.3) is 0 Å². The first-order valence-electron chi connectivity index (χ1n) is 10.7. The van der Waals surface area contributed by atoms with Gasteiger partial charge in [-0.15, -0.1) is 0 Å². The normalized spacial score (nSPS) is 17.6. The van der Waals surface area contributed by atoms with Gasteiger partial charge in [-0.3, -0.25) is 14.5 Å². The van der Waals surface area contributed by atoms with Gasteiger partial charge in [0.25, 0.3) is 5.91 Å². The summed E-state index contributed by atoms with van der Waals surface area (Å²) in [6.45, 7) is 3.52. The van der Waals surface area contributed by atoms with E-state index in [1.54, 1.807) is 0 Å². The summed E-state index contributed by atoms with van der Waals surface area (Å²) in [6, 6.07) is 7.39. The van der Waals surface area contributed by atoms with E-state index in [0.29, 0.717) is 19.6 Å². The van der Waals surface area contributed by atoms with E-state index in [4.69, 9.17) is 4.74 Å². The Morgan fingerprint density at radius 2 is 2.03 bits per heavy atom. The van der Waals surface area contributed by atoms with Gasteiger partial charge < -0.3 is 15.4 Å². The molecule has 1 aliphatic heterocycles. The summed E-state index contributed by atoms with van der Waals surface area (Å²) >= 11 is 0. The fourth-order valence-electron chi connectivity index (χ4n) is 3.96. The van der Waals surface area contributed by atoms with Gasteiger partial charge in [-0.2, -0.15) is 0 Å². The van der Waals surface area contributed by atoms with Crippen molar-refractivity contribution in [3.63, 3.8) is 0 Å². The third kappa shape index (κ3) is 5.28. The van der Waals surface area contributed by atoms with Gasteiger partial charge in [0.05, 0.1) is 6.61 Å². The van der Waals surface area contributed by atoms with Crippen molar-refractivity contribution in [2.75, 3.05) is 13.2 Å². The second-order valence-electron chi connectivity index (χ2n) is 7.91. The molecule has 1 aliphatic carbocycles. The number of hydrogen-bond acceptors (Lipinski definition) is 4. The quantitative estimate of drug-likeness (QED) is 0.466. The van der Waals surface area contributed by atoms with E-state index >= 15 is 0 Å². The van der Waals surface area contributed by atoms with Crippen molar-refractivity contribution in [1.29, 1.82) is 0 Å². The second-order valence-corrected chi connectivity index (χ2v) is 7.91. The third-order valence-electron chi connectivity index (χ3n) is 5.64. The summed E-state index contributed by atoms with van der Waals surface area (Å²) in [4.78, 5) is 38.1. The lowest BCUT2D eigenvalue weighted by Gasteiger charge is -2.19. The average molecular weight is 402 g/mol. The molecule has 1 saturated heterocycles. The van der Waals surface area contributed by atoms with Gasteiger partial charge in [-0.05, 0) is 43.4 Å². The minimum absolute atomic E-state index is 0.0926. The lowest BCUT2D eigenvalue weighted by Crippen LogP contribution is -2.44. The summed E-state index contributed by atoms with van der Waals surface area (Å²) in [7, 11) is 0. The fraction of sp³-hybridized carbons (Fsp3) is 0.591. The fourth-order valence-corrected chi connectivity index (χ4v) is 3.96. The maximum absolute atomic E-state index is 12.6. The Morgan fingerprint density at radius 1 is 1.24 bits per heavy atom. The standard InChI is InChI=1S/C22H31N3O4/c1-2-3-14-29-18-9-6-8-17(15-18)16-23-19(26)10-7-13-25-20(27)22(24-21(25)28)11-4-5-12-22/h6,8-9,15H,2-5,7,10-14,16H2,1H3,(H,23,26)(H,24,28). The molecule has 1 aromatic carbocycles. The van der Waals surface area contributed by atoms with Crippen molar-refractivity contribution in [3.05, 3.63) is 29.8 Å². The molecule has 2 N–H and O–H groups in total. The molecule has 0 radical (unpaired) electrons. The van der Waals surface area contributed by atoms with Crippen LogP contribution in [-0.4, -0.2) is 41.4 Å². The van der Waals surface area contributed by atoms with E-state index in [0.717, 1.165) is 49.8 Å². The molecule has 1 heterocycles. The van der Waals surface area contributed by atoms with Crippen LogP contribution in [0.2, 0.25) is 0 Å². The zero-order valence-electron chi connectivity index (χ0n) is 17.2. The monoisotopic (exact) mass is 401 g/mol. The van der Waals surface area contributed by atoms with Crippen molar-refractivity contribution < 1.29 is 19.1 Å². The molecule has 4 amide bonds. The van der Waals surface area contributed by atoms with Gasteiger partial charge >= 0.3 is 6.03 Å². The number of nitrogens with one attached hydrogen (secondary N) is 2. The Bertz CT molecular complexity index is 743. The molecular formula is C22H31N3O4. The van der Waals surface area contributed by atoms with Crippen LogP contribution in [0.15, 0.2) is 24.3 Å². The number of imide groups is 1. The third-order valence-corrected chi connectivity index (χ3v) is 5.64. The molecule has 0 unspecified atom stereocenters. The maximum atomic E-state index is 12.6. The first-order chi connectivity index (χ1) is 14.0. The van der Waals surface area contributed by atoms with Crippen LogP contribution >= 0.6 is 0 Å². The zero-order chi connectivity index (χ0) is 20.7. The number of hydrogen-bond donors (Lipinski definition) is 2. The van der Waals surface area contributed by atoms with Crippen LogP contribution < -0.4 is 15.4 Å². The van der Waals surface area contributed by atoms with Crippen LogP contribution in [0.1, 0.15) is 63.9 Å². The van der Waals surface area contributed by atoms with Gasteiger partial charge in [0, 0.05) is 19.5 Å². The first kappa shape index (κ1) is 21.1. The van der Waals surface area contributed by atoms with Crippen LogP contribution in [0.5, 0.6) is 5.75 Å². The van der Waals surface area contributed by atoms with Crippen LogP contribution in [0.3, 0.4) is 0 Å². The van der Waals surface area contributed by atoms with E-state index in [1.165, 1.54) is 4.90 Å². The number of ether oxygens (including phenoxy) is 1. The van der Waals surface area contributed by atoms with Crippen molar-refractivity contribution >= 4 is 17.8 Å². The summed E-state index contributed by atoms with van der Waals surface area (Å²) in [5.41, 5.74) is 0.299. The van der Waals surface area contributed by atoms with E-state index in [-0.39, 0.29) is 30.8 Å². The molecule has 7 heteroatoms. The number of amides is 4. The Labute approximate surface area is 172 Å². The minimum atomic E-state index is -0.677. The second kappa shape index (κ2) is 9.76. The molecular weight excluding hydrogens is 370 g/mol. The highest BCUT2D eigenvalue weighted by Gasteiger charge is 2.51. The van der Waals surface area contributed by atoms with E-state index in [2.05, 4.69) is 17.6 Å². The molecule has 1 saturated carbocycles.